The predicted octanol–water partition coefficient (Wildman–Crippen LogP) is 1.86. The smallest absolute Gasteiger partial charge is 0.361 e. The third-order valence-electron chi connectivity index (χ3n) is 6.84. The van der Waals surface area contributed by atoms with Gasteiger partial charge in [0.15, 0.2) is 0 Å². The Morgan fingerprint density at radius 1 is 1.00 bits per heavy atom. The number of sulfonamides is 1. The van der Waals surface area contributed by atoms with Gasteiger partial charge in [0.2, 0.25) is 10.0 Å². The second-order valence-corrected chi connectivity index (χ2v) is 10.4. The first kappa shape index (κ1) is 24.9. The predicted molar refractivity (Wildman–Crippen MR) is 127 cm³/mol. The van der Waals surface area contributed by atoms with E-state index in [-0.39, 0.29) is 36.7 Å². The summed E-state index contributed by atoms with van der Waals surface area (Å²) in [7, 11) is -3.62. The Labute approximate surface area is 218 Å². The average Bonchev–Trinajstić information content (AvgIpc) is 3.19. The zero-order chi connectivity index (χ0) is 22.5. The maximum absolute atomic E-state index is 13.6. The van der Waals surface area contributed by atoms with Crippen LogP contribution in [0.5, 0.6) is 0 Å². The minimum Gasteiger partial charge on any atom is -0.361 e. The molecule has 172 valence electrons. The van der Waals surface area contributed by atoms with Crippen molar-refractivity contribution in [2.24, 2.45) is 0 Å². The van der Waals surface area contributed by atoms with Crippen molar-refractivity contribution in [2.45, 2.75) is 11.3 Å². The summed E-state index contributed by atoms with van der Waals surface area (Å²) in [5.74, 6) is 0. The van der Waals surface area contributed by atoms with Crippen LogP contribution in [0.3, 0.4) is 0 Å². The molecule has 1 aliphatic heterocycles. The van der Waals surface area contributed by atoms with E-state index >= 15 is 0 Å². The van der Waals surface area contributed by atoms with E-state index in [2.05, 4.69) is 28.6 Å². The summed E-state index contributed by atoms with van der Waals surface area (Å²) in [6.45, 7) is 13.4. The number of nitrogens with zero attached hydrogens (tertiary/aromatic N) is 3. The molecule has 1 saturated heterocycles. The van der Waals surface area contributed by atoms with Crippen LogP contribution in [0.2, 0.25) is 0 Å². The van der Waals surface area contributed by atoms with Gasteiger partial charge in [-0.1, -0.05) is 12.1 Å². The maximum atomic E-state index is 13.6. The maximum Gasteiger partial charge on any atom is 2.00 e. The Morgan fingerprint density at radius 3 is 2.42 bits per heavy atom. The monoisotopic (exact) mass is 690 g/mol. The van der Waals surface area contributed by atoms with Crippen molar-refractivity contribution in [3.8, 4) is 0 Å². The SMILES string of the molecule is [CH2-]CN(C[CH2-])CCN1CCN(S(=O)(=O)c2ccc3[nH]c(=O)c4cccc5c4c3c2C5)CC1.[U+2]. The number of hydrogen-bond donors (Lipinski definition) is 1. The third kappa shape index (κ3) is 4.33. The van der Waals surface area contributed by atoms with E-state index in [1.807, 2.05) is 12.1 Å². The molecular formula is C24H28N4O3SU. The molecule has 0 saturated carbocycles. The molecule has 2 aliphatic rings. The van der Waals surface area contributed by atoms with Gasteiger partial charge in [-0.3, -0.25) is 9.69 Å². The van der Waals surface area contributed by atoms with E-state index < -0.39 is 10.0 Å². The number of hydrogen-bond acceptors (Lipinski definition) is 5. The molecule has 9 heteroatoms. The van der Waals surface area contributed by atoms with Gasteiger partial charge < -0.3 is 23.7 Å². The second kappa shape index (κ2) is 9.81. The van der Waals surface area contributed by atoms with Crippen LogP contribution in [0.15, 0.2) is 40.0 Å². The number of H-pyrrole nitrogens is 1. The number of nitrogens with one attached hydrogen (secondary N) is 1. The van der Waals surface area contributed by atoms with Crippen molar-refractivity contribution in [3.05, 3.63) is 65.7 Å². The van der Waals surface area contributed by atoms with E-state index in [1.54, 1.807) is 22.5 Å². The van der Waals surface area contributed by atoms with Crippen molar-refractivity contribution >= 4 is 31.7 Å². The van der Waals surface area contributed by atoms with Crippen molar-refractivity contribution in [1.29, 1.82) is 0 Å². The van der Waals surface area contributed by atoms with Crippen LogP contribution >= 0.6 is 0 Å². The number of benzene rings is 2. The molecule has 0 atom stereocenters. The fourth-order valence-corrected chi connectivity index (χ4v) is 6.65. The molecular weight excluding hydrogens is 662 g/mol. The summed E-state index contributed by atoms with van der Waals surface area (Å²) in [6, 6.07) is 9.04. The van der Waals surface area contributed by atoms with Gasteiger partial charge in [-0.15, -0.1) is 13.1 Å². The molecule has 3 aromatic rings. The molecule has 1 N–H and O–H groups in total. The summed E-state index contributed by atoms with van der Waals surface area (Å²) in [6.07, 6.45) is 0.530. The molecule has 1 aromatic heterocycles. The first-order chi connectivity index (χ1) is 15.4. The van der Waals surface area contributed by atoms with Crippen LogP contribution in [0, 0.1) is 45.0 Å². The van der Waals surface area contributed by atoms with E-state index in [4.69, 9.17) is 0 Å². The molecule has 2 heterocycles. The van der Waals surface area contributed by atoms with Crippen molar-refractivity contribution in [3.63, 3.8) is 0 Å². The molecule has 1 fully saturated rings. The normalized spacial score (nSPS) is 16.8. The fourth-order valence-electron chi connectivity index (χ4n) is 5.00. The average molecular weight is 691 g/mol. The minimum atomic E-state index is -3.62. The Hall–Kier alpha value is -1.21. The summed E-state index contributed by atoms with van der Waals surface area (Å²) in [4.78, 5) is 20.2. The standard InChI is InChI=1S/C24H28N4O3S.U/c1-3-26(4-2)10-11-27-12-14-28(15-13-27)32(30,31)21-9-8-20-23-19(21)16-17-6-5-7-18(22(17)23)24(29)25-20;/h5-9H,1-4,10-16H2,(H,25,29);/q-2;+2. The fraction of sp³-hybridized carbons (Fsp3) is 0.375. The Kier molecular flexibility index (Phi) is 7.40. The quantitative estimate of drug-likeness (QED) is 0.237. The molecule has 5 rings (SSSR count). The van der Waals surface area contributed by atoms with Crippen LogP contribution in [0.25, 0.3) is 21.7 Å². The van der Waals surface area contributed by atoms with Gasteiger partial charge in [0.05, 0.1) is 4.90 Å². The van der Waals surface area contributed by atoms with Crippen LogP contribution < -0.4 is 5.56 Å². The molecule has 1 aliphatic carbocycles. The molecule has 0 radical (unpaired) electrons. The zero-order valence-corrected chi connectivity index (χ0v) is 23.6. The van der Waals surface area contributed by atoms with E-state index in [0.29, 0.717) is 48.4 Å². The van der Waals surface area contributed by atoms with E-state index in [0.717, 1.165) is 48.1 Å². The first-order valence-corrected chi connectivity index (χ1v) is 12.5. The van der Waals surface area contributed by atoms with Gasteiger partial charge in [-0.2, -0.15) is 4.31 Å². The van der Waals surface area contributed by atoms with Crippen LogP contribution in [0.1, 0.15) is 11.1 Å². The number of pyridine rings is 1. The molecule has 2 aromatic carbocycles. The third-order valence-corrected chi connectivity index (χ3v) is 8.83. The topological polar surface area (TPSA) is 76.7 Å². The summed E-state index contributed by atoms with van der Waals surface area (Å²) >= 11 is 0. The van der Waals surface area contributed by atoms with Crippen LogP contribution in [-0.2, 0) is 16.4 Å². The molecule has 0 amide bonds. The van der Waals surface area contributed by atoms with E-state index in [1.165, 1.54) is 0 Å². The number of rotatable bonds is 7. The van der Waals surface area contributed by atoms with E-state index in [9.17, 15) is 13.2 Å². The van der Waals surface area contributed by atoms with Crippen LogP contribution in [-0.4, -0.2) is 79.9 Å². The number of aromatic amines is 1. The second-order valence-electron chi connectivity index (χ2n) is 8.52. The van der Waals surface area contributed by atoms with Gasteiger partial charge in [-0.25, -0.2) is 8.42 Å². The Bertz CT molecular complexity index is 1340. The molecule has 33 heavy (non-hydrogen) atoms. The largest absolute Gasteiger partial charge is 2.00 e. The Balaban J connectivity index is 0.00000259. The molecule has 0 unspecified atom stereocenters. The van der Waals surface area contributed by atoms with Crippen LogP contribution in [0.4, 0.5) is 0 Å². The van der Waals surface area contributed by atoms with Gasteiger partial charge in [0.1, 0.15) is 0 Å². The Morgan fingerprint density at radius 2 is 1.73 bits per heavy atom. The first-order valence-electron chi connectivity index (χ1n) is 11.1. The van der Waals surface area contributed by atoms with Crippen molar-refractivity contribution in [1.82, 2.24) is 19.1 Å². The summed E-state index contributed by atoms with van der Waals surface area (Å²) < 4.78 is 28.9. The van der Waals surface area contributed by atoms with Gasteiger partial charge in [0, 0.05) is 67.4 Å². The molecule has 0 bridgehead atoms. The van der Waals surface area contributed by atoms with Gasteiger partial charge >= 0.3 is 31.1 Å². The molecule has 0 spiro atoms. The molecule has 7 nitrogen and oxygen atoms in total. The zero-order valence-electron chi connectivity index (χ0n) is 18.6. The van der Waals surface area contributed by atoms with Gasteiger partial charge in [0.25, 0.3) is 5.56 Å². The number of aromatic nitrogens is 1. The van der Waals surface area contributed by atoms with Crippen molar-refractivity contribution in [2.75, 3.05) is 52.4 Å². The van der Waals surface area contributed by atoms with Gasteiger partial charge in [-0.05, 0) is 29.3 Å². The summed E-state index contributed by atoms with van der Waals surface area (Å²) in [5, 5.41) is 2.38. The number of piperazine rings is 1. The van der Waals surface area contributed by atoms with Crippen molar-refractivity contribution < 1.29 is 39.5 Å². The summed E-state index contributed by atoms with van der Waals surface area (Å²) in [5.41, 5.74) is 2.38. The minimum absolute atomic E-state index is 0.